The molecule has 1 rings (SSSR count). The van der Waals surface area contributed by atoms with Gasteiger partial charge in [-0.1, -0.05) is 6.07 Å². The van der Waals surface area contributed by atoms with Crippen LogP contribution in [0.2, 0.25) is 0 Å². The van der Waals surface area contributed by atoms with E-state index < -0.39 is 0 Å². The summed E-state index contributed by atoms with van der Waals surface area (Å²) in [6.07, 6.45) is 0.143. The molecule has 0 fully saturated rings. The van der Waals surface area contributed by atoms with Gasteiger partial charge >= 0.3 is 5.97 Å². The van der Waals surface area contributed by atoms with Crippen LogP contribution in [0.5, 0.6) is 0 Å². The van der Waals surface area contributed by atoms with Crippen molar-refractivity contribution >= 4 is 23.1 Å². The van der Waals surface area contributed by atoms with Crippen molar-refractivity contribution in [2.75, 3.05) is 6.61 Å². The molecule has 1 heterocycles. The highest BCUT2D eigenvalue weighted by molar-refractivity contribution is 7.10. The Morgan fingerprint density at radius 2 is 2.27 bits per heavy atom. The molecule has 0 aliphatic rings. The number of hydrogen-bond acceptors (Lipinski definition) is 4. The molecule has 1 aromatic heterocycles. The molecule has 1 unspecified atom stereocenters. The molecular formula is C11H14O3S. The van der Waals surface area contributed by atoms with E-state index in [1.807, 2.05) is 17.5 Å². The number of Topliss-reactive ketones (excluding diaryl/α,β-unsaturated/α-hetero) is 1. The first-order valence-electron chi connectivity index (χ1n) is 4.84. The first kappa shape index (κ1) is 11.9. The zero-order valence-corrected chi connectivity index (χ0v) is 9.67. The van der Waals surface area contributed by atoms with Gasteiger partial charge in [0.25, 0.3) is 0 Å². The number of thiophene rings is 1. The van der Waals surface area contributed by atoms with Crippen molar-refractivity contribution in [3.05, 3.63) is 22.4 Å². The van der Waals surface area contributed by atoms with Crippen LogP contribution < -0.4 is 0 Å². The second-order valence-corrected chi connectivity index (χ2v) is 4.17. The Hall–Kier alpha value is -1.16. The number of esters is 1. The van der Waals surface area contributed by atoms with E-state index in [4.69, 9.17) is 4.74 Å². The van der Waals surface area contributed by atoms with Gasteiger partial charge < -0.3 is 4.74 Å². The Morgan fingerprint density at radius 1 is 1.53 bits per heavy atom. The summed E-state index contributed by atoms with van der Waals surface area (Å²) >= 11 is 1.49. The quantitative estimate of drug-likeness (QED) is 0.724. The van der Waals surface area contributed by atoms with Crippen molar-refractivity contribution in [3.63, 3.8) is 0 Å². The van der Waals surface area contributed by atoms with E-state index in [2.05, 4.69) is 0 Å². The van der Waals surface area contributed by atoms with Crippen LogP contribution in [-0.4, -0.2) is 18.4 Å². The zero-order chi connectivity index (χ0) is 11.3. The molecule has 0 saturated heterocycles. The van der Waals surface area contributed by atoms with E-state index in [0.717, 1.165) is 4.88 Å². The first-order valence-corrected chi connectivity index (χ1v) is 5.72. The van der Waals surface area contributed by atoms with Crippen LogP contribution in [0.25, 0.3) is 0 Å². The van der Waals surface area contributed by atoms with Crippen molar-refractivity contribution in [3.8, 4) is 0 Å². The van der Waals surface area contributed by atoms with Crippen LogP contribution in [-0.2, 0) is 14.3 Å². The SMILES string of the molecule is CCOC(=O)CC(C(C)=O)c1cccs1. The maximum atomic E-state index is 11.4. The van der Waals surface area contributed by atoms with E-state index in [0.29, 0.717) is 6.61 Å². The van der Waals surface area contributed by atoms with Crippen LogP contribution in [0.15, 0.2) is 17.5 Å². The number of rotatable bonds is 5. The van der Waals surface area contributed by atoms with Crippen LogP contribution in [0.4, 0.5) is 0 Å². The summed E-state index contributed by atoms with van der Waals surface area (Å²) in [5, 5.41) is 1.90. The normalized spacial score (nSPS) is 12.1. The Kier molecular flexibility index (Phi) is 4.49. The van der Waals surface area contributed by atoms with Gasteiger partial charge in [0.1, 0.15) is 5.78 Å². The van der Waals surface area contributed by atoms with Crippen molar-refractivity contribution in [1.29, 1.82) is 0 Å². The van der Waals surface area contributed by atoms with Gasteiger partial charge in [0.05, 0.1) is 18.9 Å². The third kappa shape index (κ3) is 3.47. The fourth-order valence-corrected chi connectivity index (χ4v) is 2.21. The van der Waals surface area contributed by atoms with Crippen molar-refractivity contribution in [2.45, 2.75) is 26.2 Å². The summed E-state index contributed by atoms with van der Waals surface area (Å²) < 4.78 is 4.83. The van der Waals surface area contributed by atoms with Gasteiger partial charge in [-0.05, 0) is 25.3 Å². The average Bonchev–Trinajstić information content (AvgIpc) is 2.66. The van der Waals surface area contributed by atoms with E-state index in [1.165, 1.54) is 18.3 Å². The lowest BCUT2D eigenvalue weighted by atomic mass is 9.99. The van der Waals surface area contributed by atoms with Gasteiger partial charge in [0.15, 0.2) is 0 Å². The van der Waals surface area contributed by atoms with Gasteiger partial charge in [-0.2, -0.15) is 0 Å². The van der Waals surface area contributed by atoms with E-state index in [1.54, 1.807) is 6.92 Å². The summed E-state index contributed by atoms with van der Waals surface area (Å²) in [7, 11) is 0. The molecule has 15 heavy (non-hydrogen) atoms. The van der Waals surface area contributed by atoms with Crippen molar-refractivity contribution in [2.24, 2.45) is 0 Å². The molecular weight excluding hydrogens is 212 g/mol. The number of carbonyl (C=O) groups is 2. The molecule has 1 aromatic rings. The average molecular weight is 226 g/mol. The summed E-state index contributed by atoms with van der Waals surface area (Å²) in [6.45, 7) is 3.61. The van der Waals surface area contributed by atoms with Crippen molar-refractivity contribution in [1.82, 2.24) is 0 Å². The smallest absolute Gasteiger partial charge is 0.306 e. The highest BCUT2D eigenvalue weighted by Gasteiger charge is 2.21. The minimum atomic E-state index is -0.343. The van der Waals surface area contributed by atoms with Crippen LogP contribution in [0.3, 0.4) is 0 Å². The molecule has 3 nitrogen and oxygen atoms in total. The predicted octanol–water partition coefficient (Wildman–Crippen LogP) is 2.37. The number of ether oxygens (including phenoxy) is 1. The number of carbonyl (C=O) groups excluding carboxylic acids is 2. The van der Waals surface area contributed by atoms with Gasteiger partial charge in [0, 0.05) is 4.88 Å². The molecule has 0 saturated carbocycles. The maximum Gasteiger partial charge on any atom is 0.306 e. The van der Waals surface area contributed by atoms with E-state index >= 15 is 0 Å². The van der Waals surface area contributed by atoms with E-state index in [-0.39, 0.29) is 24.1 Å². The lowest BCUT2D eigenvalue weighted by Crippen LogP contribution is -2.15. The highest BCUT2D eigenvalue weighted by atomic mass is 32.1. The van der Waals surface area contributed by atoms with Crippen LogP contribution in [0.1, 0.15) is 31.1 Å². The standard InChI is InChI=1S/C11H14O3S/c1-3-14-11(13)7-9(8(2)12)10-5-4-6-15-10/h4-6,9H,3,7H2,1-2H3. The monoisotopic (exact) mass is 226 g/mol. The minimum Gasteiger partial charge on any atom is -0.466 e. The zero-order valence-electron chi connectivity index (χ0n) is 8.86. The topological polar surface area (TPSA) is 43.4 Å². The minimum absolute atomic E-state index is 0.00510. The van der Waals surface area contributed by atoms with Gasteiger partial charge in [-0.3, -0.25) is 9.59 Å². The lowest BCUT2D eigenvalue weighted by Gasteiger charge is -2.10. The molecule has 4 heteroatoms. The van der Waals surface area contributed by atoms with Crippen LogP contribution >= 0.6 is 11.3 Å². The first-order chi connectivity index (χ1) is 7.15. The Morgan fingerprint density at radius 3 is 2.73 bits per heavy atom. The van der Waals surface area contributed by atoms with Gasteiger partial charge in [0.2, 0.25) is 0 Å². The molecule has 0 aromatic carbocycles. The largest absolute Gasteiger partial charge is 0.466 e. The molecule has 0 spiro atoms. The summed E-state index contributed by atoms with van der Waals surface area (Å²) in [5.74, 6) is -0.652. The molecule has 0 radical (unpaired) electrons. The third-order valence-corrected chi connectivity index (χ3v) is 3.04. The second-order valence-electron chi connectivity index (χ2n) is 3.19. The second kappa shape index (κ2) is 5.66. The summed E-state index contributed by atoms with van der Waals surface area (Å²) in [5.41, 5.74) is 0. The molecule has 0 N–H and O–H groups in total. The van der Waals surface area contributed by atoms with Gasteiger partial charge in [-0.15, -0.1) is 11.3 Å². The molecule has 0 aliphatic heterocycles. The van der Waals surface area contributed by atoms with E-state index in [9.17, 15) is 9.59 Å². The highest BCUT2D eigenvalue weighted by Crippen LogP contribution is 2.25. The third-order valence-electron chi connectivity index (χ3n) is 2.05. The Bertz CT molecular complexity index is 330. The molecule has 82 valence electrons. The molecule has 0 aliphatic carbocycles. The lowest BCUT2D eigenvalue weighted by molar-refractivity contribution is -0.144. The molecule has 0 amide bonds. The fourth-order valence-electron chi connectivity index (χ4n) is 1.32. The Labute approximate surface area is 93.1 Å². The summed E-state index contributed by atoms with van der Waals surface area (Å²) in [4.78, 5) is 23.6. The van der Waals surface area contributed by atoms with Gasteiger partial charge in [-0.25, -0.2) is 0 Å². The Balaban J connectivity index is 2.68. The fraction of sp³-hybridized carbons (Fsp3) is 0.455. The number of ketones is 1. The van der Waals surface area contributed by atoms with Crippen LogP contribution in [0, 0.1) is 0 Å². The van der Waals surface area contributed by atoms with Crippen molar-refractivity contribution < 1.29 is 14.3 Å². The molecule has 0 bridgehead atoms. The maximum absolute atomic E-state index is 11.4. The number of hydrogen-bond donors (Lipinski definition) is 0. The predicted molar refractivity (Wildman–Crippen MR) is 59.0 cm³/mol. The molecule has 1 atom stereocenters. The summed E-state index contributed by atoms with van der Waals surface area (Å²) in [6, 6.07) is 3.75.